The van der Waals surface area contributed by atoms with Crippen LogP contribution in [-0.4, -0.2) is 25.8 Å². The van der Waals surface area contributed by atoms with Crippen LogP contribution < -0.4 is 10.6 Å². The van der Waals surface area contributed by atoms with Gasteiger partial charge in [0, 0.05) is 6.54 Å². The van der Waals surface area contributed by atoms with Crippen LogP contribution in [0, 0.1) is 13.8 Å². The number of benzene rings is 1. The molecule has 1 heterocycles. The molecule has 1 saturated heterocycles. The molecule has 2 N–H and O–H groups in total. The summed E-state index contributed by atoms with van der Waals surface area (Å²) in [6.45, 7) is 8.98. The van der Waals surface area contributed by atoms with Gasteiger partial charge in [0.15, 0.2) is 0 Å². The van der Waals surface area contributed by atoms with Crippen molar-refractivity contribution in [3.8, 4) is 0 Å². The fourth-order valence-corrected chi connectivity index (χ4v) is 2.38. The molecule has 3 nitrogen and oxygen atoms in total. The Balaban J connectivity index is 2.34. The van der Waals surface area contributed by atoms with Crippen LogP contribution in [-0.2, 0) is 4.74 Å². The van der Waals surface area contributed by atoms with Gasteiger partial charge >= 0.3 is 0 Å². The van der Waals surface area contributed by atoms with Crippen LogP contribution in [0.25, 0.3) is 0 Å². The van der Waals surface area contributed by atoms with E-state index in [-0.39, 0.29) is 0 Å². The van der Waals surface area contributed by atoms with Crippen molar-refractivity contribution in [2.45, 2.75) is 33.2 Å². The molecule has 1 fully saturated rings. The number of hydrogen-bond donors (Lipinski definition) is 1. The Kier molecular flexibility index (Phi) is 3.57. The number of hydrogen-bond acceptors (Lipinski definition) is 3. The second kappa shape index (κ2) is 4.96. The molecule has 94 valence electrons. The van der Waals surface area contributed by atoms with Crippen LogP contribution in [0.4, 0.5) is 11.4 Å². The SMILES string of the molecule is CCC1COCCN1c1cc(C)c(C)cc1N. The summed E-state index contributed by atoms with van der Waals surface area (Å²) in [4.78, 5) is 2.39. The maximum Gasteiger partial charge on any atom is 0.0670 e. The van der Waals surface area contributed by atoms with Gasteiger partial charge in [0.2, 0.25) is 0 Å². The summed E-state index contributed by atoms with van der Waals surface area (Å²) in [6, 6.07) is 4.74. The summed E-state index contributed by atoms with van der Waals surface area (Å²) in [6.07, 6.45) is 1.09. The molecule has 0 amide bonds. The van der Waals surface area contributed by atoms with E-state index in [1.807, 2.05) is 0 Å². The maximum atomic E-state index is 6.16. The minimum atomic E-state index is 0.452. The maximum absolute atomic E-state index is 6.16. The molecular weight excluding hydrogens is 212 g/mol. The van der Waals surface area contributed by atoms with Gasteiger partial charge in [-0.2, -0.15) is 0 Å². The Morgan fingerprint density at radius 3 is 2.76 bits per heavy atom. The van der Waals surface area contributed by atoms with E-state index >= 15 is 0 Å². The van der Waals surface area contributed by atoms with E-state index in [1.54, 1.807) is 0 Å². The number of aryl methyl sites for hydroxylation is 2. The molecule has 1 unspecified atom stereocenters. The lowest BCUT2D eigenvalue weighted by Gasteiger charge is -2.37. The predicted molar refractivity (Wildman–Crippen MR) is 72.6 cm³/mol. The third kappa shape index (κ3) is 2.39. The standard InChI is InChI=1S/C14H22N2O/c1-4-12-9-17-6-5-16(12)14-8-11(3)10(2)7-13(14)15/h7-8,12H,4-6,9,15H2,1-3H3. The van der Waals surface area contributed by atoms with Crippen LogP contribution in [0.15, 0.2) is 12.1 Å². The van der Waals surface area contributed by atoms with Gasteiger partial charge in [-0.15, -0.1) is 0 Å². The summed E-state index contributed by atoms with van der Waals surface area (Å²) in [5.41, 5.74) is 10.8. The van der Waals surface area contributed by atoms with E-state index in [9.17, 15) is 0 Å². The topological polar surface area (TPSA) is 38.5 Å². The number of rotatable bonds is 2. The zero-order chi connectivity index (χ0) is 12.4. The van der Waals surface area contributed by atoms with Crippen LogP contribution in [0.5, 0.6) is 0 Å². The number of nitrogen functional groups attached to an aromatic ring is 1. The molecule has 1 aromatic carbocycles. The highest BCUT2D eigenvalue weighted by molar-refractivity contribution is 5.70. The van der Waals surface area contributed by atoms with Gasteiger partial charge < -0.3 is 15.4 Å². The van der Waals surface area contributed by atoms with Gasteiger partial charge in [0.05, 0.1) is 30.6 Å². The van der Waals surface area contributed by atoms with Crippen molar-refractivity contribution >= 4 is 11.4 Å². The average Bonchev–Trinajstić information content (AvgIpc) is 2.34. The minimum absolute atomic E-state index is 0.452. The highest BCUT2D eigenvalue weighted by Gasteiger charge is 2.23. The number of anilines is 2. The molecule has 2 rings (SSSR count). The molecule has 0 aromatic heterocycles. The molecule has 0 saturated carbocycles. The zero-order valence-corrected chi connectivity index (χ0v) is 11.0. The summed E-state index contributed by atoms with van der Waals surface area (Å²) in [7, 11) is 0. The zero-order valence-electron chi connectivity index (χ0n) is 11.0. The van der Waals surface area contributed by atoms with Crippen molar-refractivity contribution in [2.24, 2.45) is 0 Å². The molecule has 1 aromatic rings. The first-order valence-corrected chi connectivity index (χ1v) is 6.34. The summed E-state index contributed by atoms with van der Waals surface area (Å²) in [5, 5.41) is 0. The van der Waals surface area contributed by atoms with Crippen molar-refractivity contribution in [1.82, 2.24) is 0 Å². The Hall–Kier alpha value is -1.22. The molecule has 1 aliphatic heterocycles. The summed E-state index contributed by atoms with van der Waals surface area (Å²) < 4.78 is 5.54. The van der Waals surface area contributed by atoms with Crippen molar-refractivity contribution in [2.75, 3.05) is 30.4 Å². The van der Waals surface area contributed by atoms with Gasteiger partial charge in [-0.3, -0.25) is 0 Å². The Labute approximate surface area is 104 Å². The van der Waals surface area contributed by atoms with Crippen LogP contribution in [0.3, 0.4) is 0 Å². The Morgan fingerprint density at radius 1 is 1.35 bits per heavy atom. The van der Waals surface area contributed by atoms with Gasteiger partial charge in [-0.1, -0.05) is 6.92 Å². The molecule has 17 heavy (non-hydrogen) atoms. The number of nitrogens with zero attached hydrogens (tertiary/aromatic N) is 1. The first kappa shape index (κ1) is 12.2. The molecule has 3 heteroatoms. The smallest absolute Gasteiger partial charge is 0.0670 e. The summed E-state index contributed by atoms with van der Waals surface area (Å²) in [5.74, 6) is 0. The molecule has 1 atom stereocenters. The number of morpholine rings is 1. The van der Waals surface area contributed by atoms with E-state index in [1.165, 1.54) is 16.8 Å². The second-order valence-corrected chi connectivity index (χ2v) is 4.83. The van der Waals surface area contributed by atoms with E-state index in [0.29, 0.717) is 6.04 Å². The molecule has 0 spiro atoms. The highest BCUT2D eigenvalue weighted by atomic mass is 16.5. The van der Waals surface area contributed by atoms with Gasteiger partial charge in [0.1, 0.15) is 0 Å². The third-order valence-corrected chi connectivity index (χ3v) is 3.65. The Bertz CT molecular complexity index is 403. The lowest BCUT2D eigenvalue weighted by atomic mass is 10.0. The second-order valence-electron chi connectivity index (χ2n) is 4.83. The predicted octanol–water partition coefficient (Wildman–Crippen LogP) is 2.50. The van der Waals surface area contributed by atoms with Crippen LogP contribution >= 0.6 is 0 Å². The first-order valence-electron chi connectivity index (χ1n) is 6.34. The molecule has 1 aliphatic rings. The van der Waals surface area contributed by atoms with E-state index in [2.05, 4.69) is 37.8 Å². The minimum Gasteiger partial charge on any atom is -0.397 e. The lowest BCUT2D eigenvalue weighted by Crippen LogP contribution is -2.45. The lowest BCUT2D eigenvalue weighted by molar-refractivity contribution is 0.0930. The van der Waals surface area contributed by atoms with Crippen molar-refractivity contribution in [1.29, 1.82) is 0 Å². The van der Waals surface area contributed by atoms with Crippen molar-refractivity contribution < 1.29 is 4.74 Å². The van der Waals surface area contributed by atoms with Gasteiger partial charge in [-0.05, 0) is 43.5 Å². The fraction of sp³-hybridized carbons (Fsp3) is 0.571. The third-order valence-electron chi connectivity index (χ3n) is 3.65. The average molecular weight is 234 g/mol. The van der Waals surface area contributed by atoms with Crippen molar-refractivity contribution in [3.05, 3.63) is 23.3 Å². The van der Waals surface area contributed by atoms with E-state index in [4.69, 9.17) is 10.5 Å². The quantitative estimate of drug-likeness (QED) is 0.799. The molecule has 0 bridgehead atoms. The van der Waals surface area contributed by atoms with Crippen LogP contribution in [0.2, 0.25) is 0 Å². The number of ether oxygens (including phenoxy) is 1. The normalized spacial score (nSPS) is 20.6. The fourth-order valence-electron chi connectivity index (χ4n) is 2.38. The van der Waals surface area contributed by atoms with Gasteiger partial charge in [-0.25, -0.2) is 0 Å². The van der Waals surface area contributed by atoms with Crippen LogP contribution in [0.1, 0.15) is 24.5 Å². The highest BCUT2D eigenvalue weighted by Crippen LogP contribution is 2.30. The molecule has 0 radical (unpaired) electrons. The molecule has 0 aliphatic carbocycles. The first-order chi connectivity index (χ1) is 8.13. The van der Waals surface area contributed by atoms with Crippen molar-refractivity contribution in [3.63, 3.8) is 0 Å². The van der Waals surface area contributed by atoms with Gasteiger partial charge in [0.25, 0.3) is 0 Å². The molecular formula is C14H22N2O. The monoisotopic (exact) mass is 234 g/mol. The summed E-state index contributed by atoms with van der Waals surface area (Å²) >= 11 is 0. The Morgan fingerprint density at radius 2 is 2.06 bits per heavy atom. The van der Waals surface area contributed by atoms with E-state index < -0.39 is 0 Å². The number of nitrogens with two attached hydrogens (primary N) is 1. The van der Waals surface area contributed by atoms with E-state index in [0.717, 1.165) is 31.9 Å². The largest absolute Gasteiger partial charge is 0.397 e.